The van der Waals surface area contributed by atoms with Crippen molar-refractivity contribution < 1.29 is 38.9 Å². The van der Waals surface area contributed by atoms with Gasteiger partial charge < -0.3 is 14.9 Å². The number of ether oxygens (including phenoxy) is 1. The van der Waals surface area contributed by atoms with Crippen molar-refractivity contribution in [3.63, 3.8) is 0 Å². The molecular weight excluding hydrogens is 582 g/mol. The van der Waals surface area contributed by atoms with E-state index >= 15 is 0 Å². The number of hydrogen-bond acceptors (Lipinski definition) is 7. The molecule has 1 aliphatic heterocycles. The van der Waals surface area contributed by atoms with Crippen LogP contribution in [0.5, 0.6) is 11.5 Å². The molecule has 2 aromatic carbocycles. The predicted octanol–water partition coefficient (Wildman–Crippen LogP) is 4.07. The number of carboxylic acid groups (broad SMARTS) is 1. The van der Waals surface area contributed by atoms with E-state index in [0.717, 1.165) is 4.90 Å². The molecule has 9 nitrogen and oxygen atoms in total. The largest absolute Gasteiger partial charge is 0.507 e. The van der Waals surface area contributed by atoms with Gasteiger partial charge in [0.1, 0.15) is 11.5 Å². The first-order valence-corrected chi connectivity index (χ1v) is 13.4. The Labute approximate surface area is 236 Å². The molecule has 40 heavy (non-hydrogen) atoms. The first-order valence-electron chi connectivity index (χ1n) is 12.6. The molecule has 4 atom stereocenters. The number of anilines is 1. The van der Waals surface area contributed by atoms with Crippen LogP contribution < -0.4 is 9.64 Å². The molecule has 2 amide bonds. The fourth-order valence-electron chi connectivity index (χ4n) is 6.57. The zero-order valence-corrected chi connectivity index (χ0v) is 22.7. The molecule has 2 N–H and O–H groups in total. The lowest BCUT2D eigenvalue weighted by Crippen LogP contribution is -2.39. The topological polar surface area (TPSA) is 138 Å². The van der Waals surface area contributed by atoms with Crippen LogP contribution >= 0.6 is 15.9 Å². The lowest BCUT2D eigenvalue weighted by atomic mass is 9.59. The molecule has 0 unspecified atom stereocenters. The third-order valence-corrected chi connectivity index (χ3v) is 8.82. The number of phenolic OH excluding ortho intramolecular Hbond substituents is 1. The molecule has 202 valence electrons. The van der Waals surface area contributed by atoms with E-state index in [9.17, 15) is 34.2 Å². The highest BCUT2D eigenvalue weighted by Gasteiger charge is 2.57. The van der Waals surface area contributed by atoms with Crippen molar-refractivity contribution in [3.8, 4) is 11.5 Å². The molecule has 0 aromatic heterocycles. The van der Waals surface area contributed by atoms with Gasteiger partial charge >= 0.3 is 5.97 Å². The second-order valence-corrected chi connectivity index (χ2v) is 11.0. The van der Waals surface area contributed by atoms with Gasteiger partial charge in [0.25, 0.3) is 0 Å². The number of aromatic hydroxyl groups is 1. The van der Waals surface area contributed by atoms with Crippen molar-refractivity contribution in [1.29, 1.82) is 0 Å². The van der Waals surface area contributed by atoms with Crippen molar-refractivity contribution >= 4 is 51.0 Å². The van der Waals surface area contributed by atoms with Gasteiger partial charge in [-0.05, 0) is 65.0 Å². The van der Waals surface area contributed by atoms with Crippen molar-refractivity contribution in [3.05, 3.63) is 86.9 Å². The Morgan fingerprint density at radius 2 is 1.80 bits per heavy atom. The van der Waals surface area contributed by atoms with Gasteiger partial charge in [-0.2, -0.15) is 0 Å². The van der Waals surface area contributed by atoms with E-state index in [1.807, 2.05) is 6.08 Å². The number of methoxy groups -OCH3 is 1. The molecule has 1 fully saturated rings. The molecule has 1 saturated heterocycles. The Hall–Kier alpha value is -4.31. The summed E-state index contributed by atoms with van der Waals surface area (Å²) in [6, 6.07) is 10.4. The van der Waals surface area contributed by atoms with E-state index < -0.39 is 47.2 Å². The number of nitrogens with zero attached hydrogens (tertiary/aromatic N) is 1. The average Bonchev–Trinajstić information content (AvgIpc) is 3.20. The van der Waals surface area contributed by atoms with Gasteiger partial charge in [0.2, 0.25) is 11.8 Å². The maximum Gasteiger partial charge on any atom is 0.335 e. The Morgan fingerprint density at radius 3 is 2.52 bits per heavy atom. The number of halogens is 1. The first kappa shape index (κ1) is 25.9. The summed E-state index contributed by atoms with van der Waals surface area (Å²) in [7, 11) is 1.44. The van der Waals surface area contributed by atoms with Crippen LogP contribution in [0.15, 0.2) is 75.8 Å². The zero-order chi connectivity index (χ0) is 28.5. The van der Waals surface area contributed by atoms with Gasteiger partial charge in [0.05, 0.1) is 34.7 Å². The number of imide groups is 1. The molecule has 2 aromatic rings. The van der Waals surface area contributed by atoms with E-state index in [4.69, 9.17) is 4.74 Å². The van der Waals surface area contributed by atoms with Gasteiger partial charge in [-0.25, -0.2) is 4.79 Å². The molecule has 0 saturated carbocycles. The Balaban J connectivity index is 1.51. The quantitative estimate of drug-likeness (QED) is 0.303. The minimum Gasteiger partial charge on any atom is -0.507 e. The number of amides is 2. The minimum atomic E-state index is -1.19. The lowest BCUT2D eigenvalue weighted by molar-refractivity contribution is -0.123. The molecule has 6 rings (SSSR count). The molecule has 0 radical (unpaired) electrons. The smallest absolute Gasteiger partial charge is 0.335 e. The van der Waals surface area contributed by atoms with Gasteiger partial charge in [0, 0.05) is 28.7 Å². The predicted molar refractivity (Wildman–Crippen MR) is 145 cm³/mol. The number of carboxylic acids is 1. The van der Waals surface area contributed by atoms with Crippen LogP contribution in [0.25, 0.3) is 0 Å². The number of carbonyl (C=O) groups is 5. The highest BCUT2D eigenvalue weighted by atomic mass is 79.9. The number of fused-ring (bicyclic) bond motifs is 3. The Kier molecular flexibility index (Phi) is 6.10. The standard InChI is InChI=1S/C30H22BrNO8/c1-40-22-7-3-6-20(33)26(22)25-15-8-9-16-23(17(15)11-18-24(25)21(34)12-19(31)27(18)35)29(37)32(28(16)36)14-5-2-4-13(10-14)30(38)39/h2-8,10,12,16-17,23,25,33H,9,11H2,1H3,(H,38,39)/t16-,17+,23-,25-/m0/s1. The van der Waals surface area contributed by atoms with Crippen LogP contribution in [0, 0.1) is 17.8 Å². The third kappa shape index (κ3) is 3.70. The van der Waals surface area contributed by atoms with Gasteiger partial charge in [-0.15, -0.1) is 0 Å². The van der Waals surface area contributed by atoms with Gasteiger partial charge in [-0.3, -0.25) is 24.1 Å². The van der Waals surface area contributed by atoms with Crippen LogP contribution in [0.3, 0.4) is 0 Å². The van der Waals surface area contributed by atoms with Crippen molar-refractivity contribution in [2.45, 2.75) is 18.8 Å². The average molecular weight is 604 g/mol. The summed E-state index contributed by atoms with van der Waals surface area (Å²) in [5.74, 6) is -5.78. The van der Waals surface area contributed by atoms with E-state index in [1.165, 1.54) is 43.5 Å². The van der Waals surface area contributed by atoms with Crippen molar-refractivity contribution in [2.75, 3.05) is 12.0 Å². The summed E-state index contributed by atoms with van der Waals surface area (Å²) in [6.07, 6.45) is 3.31. The maximum atomic E-state index is 14.0. The number of ketones is 2. The second-order valence-electron chi connectivity index (χ2n) is 10.2. The lowest BCUT2D eigenvalue weighted by Gasteiger charge is -2.42. The highest BCUT2D eigenvalue weighted by molar-refractivity contribution is 9.12. The molecule has 0 bridgehead atoms. The maximum absolute atomic E-state index is 14.0. The van der Waals surface area contributed by atoms with Crippen LogP contribution in [0.1, 0.15) is 34.7 Å². The van der Waals surface area contributed by atoms with E-state index in [0.29, 0.717) is 16.9 Å². The summed E-state index contributed by atoms with van der Waals surface area (Å²) in [5, 5.41) is 20.4. The Morgan fingerprint density at radius 1 is 1.05 bits per heavy atom. The number of carbonyl (C=O) groups excluding carboxylic acids is 4. The summed E-state index contributed by atoms with van der Waals surface area (Å²) < 4.78 is 5.64. The van der Waals surface area contributed by atoms with E-state index in [2.05, 4.69) is 15.9 Å². The SMILES string of the molecule is COc1cccc(O)c1[C@H]1C2=CC[C@@H]3C(=O)N(c4cccc(C(=O)O)c4)C(=O)[C@@H]3[C@@H]2CC2=C1C(=O)C=C(Br)C2=O. The molecule has 1 heterocycles. The van der Waals surface area contributed by atoms with Crippen LogP contribution in [0.4, 0.5) is 5.69 Å². The summed E-state index contributed by atoms with van der Waals surface area (Å²) in [6.45, 7) is 0. The van der Waals surface area contributed by atoms with E-state index in [-0.39, 0.29) is 51.3 Å². The van der Waals surface area contributed by atoms with Crippen molar-refractivity contribution in [1.82, 2.24) is 0 Å². The monoisotopic (exact) mass is 603 g/mol. The van der Waals surface area contributed by atoms with E-state index in [1.54, 1.807) is 12.1 Å². The molecule has 10 heteroatoms. The number of allylic oxidation sites excluding steroid dienone is 6. The van der Waals surface area contributed by atoms with Crippen LogP contribution in [-0.2, 0) is 19.2 Å². The summed E-state index contributed by atoms with van der Waals surface area (Å²) >= 11 is 3.19. The first-order chi connectivity index (χ1) is 19.1. The van der Waals surface area contributed by atoms with Crippen LogP contribution in [-0.4, -0.2) is 46.7 Å². The molecule has 0 spiro atoms. The van der Waals surface area contributed by atoms with Gasteiger partial charge in [0.15, 0.2) is 11.6 Å². The van der Waals surface area contributed by atoms with Gasteiger partial charge in [-0.1, -0.05) is 23.8 Å². The fourth-order valence-corrected chi connectivity index (χ4v) is 7.02. The highest BCUT2D eigenvalue weighted by Crippen LogP contribution is 2.57. The Bertz CT molecular complexity index is 1650. The number of phenols is 1. The number of benzene rings is 2. The fraction of sp³-hybridized carbons (Fsp3) is 0.233. The zero-order valence-electron chi connectivity index (χ0n) is 21.1. The number of rotatable bonds is 4. The summed E-state index contributed by atoms with van der Waals surface area (Å²) in [4.78, 5) is 66.9. The normalized spacial score (nSPS) is 25.7. The number of hydrogen-bond donors (Lipinski definition) is 2. The third-order valence-electron chi connectivity index (χ3n) is 8.23. The van der Waals surface area contributed by atoms with Crippen LogP contribution in [0.2, 0.25) is 0 Å². The number of aromatic carboxylic acids is 1. The second kappa shape index (κ2) is 9.41. The molecule has 3 aliphatic carbocycles. The summed E-state index contributed by atoms with van der Waals surface area (Å²) in [5.41, 5.74) is 1.52. The minimum absolute atomic E-state index is 0.0598. The molecule has 4 aliphatic rings. The van der Waals surface area contributed by atoms with Crippen molar-refractivity contribution in [2.24, 2.45) is 17.8 Å². The number of Topliss-reactive ketones (excluding diaryl/α,β-unsaturated/α-hetero) is 1. The molecular formula is C30H22BrNO8.